The highest BCUT2D eigenvalue weighted by Gasteiger charge is 2.46. The molecule has 2 fully saturated rings. The molecule has 1 saturated heterocycles. The lowest BCUT2D eigenvalue weighted by atomic mass is 9.89. The van der Waals surface area contributed by atoms with Gasteiger partial charge in [-0.2, -0.15) is 0 Å². The van der Waals surface area contributed by atoms with Crippen molar-refractivity contribution in [2.45, 2.75) is 50.8 Å². The number of rotatable bonds is 4. The van der Waals surface area contributed by atoms with E-state index >= 15 is 0 Å². The molecule has 1 aliphatic heterocycles. The zero-order valence-corrected chi connectivity index (χ0v) is 15.2. The Balaban J connectivity index is 1.59. The van der Waals surface area contributed by atoms with Gasteiger partial charge < -0.3 is 10.4 Å². The first-order valence-electron chi connectivity index (χ1n) is 9.04. The SMILES string of the molecule is Bc1cc2ncn(CC3(C[C@H]4NCCC[C@@H]4O)CC3)c(=O)c2cc1Cl. The van der Waals surface area contributed by atoms with Gasteiger partial charge in [0.25, 0.3) is 5.56 Å². The molecule has 0 amide bonds. The van der Waals surface area contributed by atoms with Crippen LogP contribution in [-0.4, -0.2) is 41.2 Å². The van der Waals surface area contributed by atoms with Crippen molar-refractivity contribution in [1.29, 1.82) is 0 Å². The molecular formula is C18H23BClN3O2. The number of aromatic nitrogens is 2. The van der Waals surface area contributed by atoms with Gasteiger partial charge in [-0.1, -0.05) is 17.1 Å². The molecule has 2 atom stereocenters. The third-order valence-corrected chi connectivity index (χ3v) is 6.18. The molecule has 0 unspecified atom stereocenters. The third kappa shape index (κ3) is 3.35. The van der Waals surface area contributed by atoms with E-state index in [0.717, 1.165) is 44.1 Å². The smallest absolute Gasteiger partial charge is 0.261 e. The van der Waals surface area contributed by atoms with Gasteiger partial charge in [0, 0.05) is 17.6 Å². The van der Waals surface area contributed by atoms with Crippen molar-refractivity contribution >= 4 is 35.8 Å². The molecule has 2 aliphatic rings. The molecule has 132 valence electrons. The molecule has 1 aliphatic carbocycles. The van der Waals surface area contributed by atoms with Gasteiger partial charge in [-0.15, -0.1) is 0 Å². The van der Waals surface area contributed by atoms with Crippen LogP contribution in [0, 0.1) is 5.41 Å². The van der Waals surface area contributed by atoms with Crippen LogP contribution in [0.4, 0.5) is 0 Å². The molecule has 5 nitrogen and oxygen atoms in total. The Hall–Kier alpha value is -1.37. The molecule has 25 heavy (non-hydrogen) atoms. The molecule has 2 heterocycles. The second kappa shape index (κ2) is 6.42. The summed E-state index contributed by atoms with van der Waals surface area (Å²) in [4.78, 5) is 17.3. The second-order valence-corrected chi connectivity index (χ2v) is 8.18. The highest BCUT2D eigenvalue weighted by molar-refractivity contribution is 6.45. The van der Waals surface area contributed by atoms with E-state index in [1.807, 2.05) is 13.9 Å². The summed E-state index contributed by atoms with van der Waals surface area (Å²) in [6.07, 6.45) is 6.37. The van der Waals surface area contributed by atoms with Crippen molar-refractivity contribution in [3.63, 3.8) is 0 Å². The molecule has 2 aromatic rings. The van der Waals surface area contributed by atoms with Crippen molar-refractivity contribution < 1.29 is 5.11 Å². The summed E-state index contributed by atoms with van der Waals surface area (Å²) in [5.74, 6) is 0. The van der Waals surface area contributed by atoms with Crippen molar-refractivity contribution in [1.82, 2.24) is 14.9 Å². The lowest BCUT2D eigenvalue weighted by Crippen LogP contribution is -2.46. The molecule has 7 heteroatoms. The fourth-order valence-electron chi connectivity index (χ4n) is 3.97. The van der Waals surface area contributed by atoms with E-state index in [0.29, 0.717) is 22.5 Å². The predicted molar refractivity (Wildman–Crippen MR) is 103 cm³/mol. The van der Waals surface area contributed by atoms with Crippen LogP contribution in [0.5, 0.6) is 0 Å². The number of aliphatic hydroxyl groups excluding tert-OH is 1. The second-order valence-electron chi connectivity index (χ2n) is 7.77. The van der Waals surface area contributed by atoms with Crippen LogP contribution in [0.3, 0.4) is 0 Å². The fraction of sp³-hybridized carbons (Fsp3) is 0.556. The van der Waals surface area contributed by atoms with Crippen molar-refractivity contribution in [3.8, 4) is 0 Å². The Kier molecular flexibility index (Phi) is 4.38. The van der Waals surface area contributed by atoms with Crippen LogP contribution in [0.15, 0.2) is 23.3 Å². The quantitative estimate of drug-likeness (QED) is 0.784. The van der Waals surface area contributed by atoms with Crippen LogP contribution >= 0.6 is 11.6 Å². The number of hydrogen-bond donors (Lipinski definition) is 2. The van der Waals surface area contributed by atoms with E-state index in [-0.39, 0.29) is 23.1 Å². The number of piperidine rings is 1. The average Bonchev–Trinajstić information content (AvgIpc) is 3.34. The lowest BCUT2D eigenvalue weighted by Gasteiger charge is -2.32. The van der Waals surface area contributed by atoms with Gasteiger partial charge in [0.15, 0.2) is 0 Å². The summed E-state index contributed by atoms with van der Waals surface area (Å²) in [5, 5.41) is 14.8. The summed E-state index contributed by atoms with van der Waals surface area (Å²) in [7, 11) is 1.91. The van der Waals surface area contributed by atoms with Crippen molar-refractivity contribution in [3.05, 3.63) is 33.8 Å². The van der Waals surface area contributed by atoms with Crippen LogP contribution < -0.4 is 16.3 Å². The first kappa shape index (κ1) is 17.1. The van der Waals surface area contributed by atoms with Gasteiger partial charge in [-0.25, -0.2) is 4.98 Å². The van der Waals surface area contributed by atoms with Crippen molar-refractivity contribution in [2.75, 3.05) is 6.54 Å². The van der Waals surface area contributed by atoms with Gasteiger partial charge in [-0.3, -0.25) is 9.36 Å². The van der Waals surface area contributed by atoms with Gasteiger partial charge in [-0.05, 0) is 56.2 Å². The normalized spacial score (nSPS) is 25.2. The molecule has 1 aromatic carbocycles. The van der Waals surface area contributed by atoms with E-state index in [1.54, 1.807) is 17.0 Å². The Labute approximate surface area is 152 Å². The maximum Gasteiger partial charge on any atom is 0.261 e. The maximum atomic E-state index is 12.9. The summed E-state index contributed by atoms with van der Waals surface area (Å²) in [5.41, 5.74) is 1.69. The summed E-state index contributed by atoms with van der Waals surface area (Å²) < 4.78 is 1.72. The Morgan fingerprint density at radius 2 is 2.24 bits per heavy atom. The van der Waals surface area contributed by atoms with E-state index in [9.17, 15) is 9.90 Å². The molecule has 1 saturated carbocycles. The number of nitrogens with zero attached hydrogens (tertiary/aromatic N) is 2. The van der Waals surface area contributed by atoms with Gasteiger partial charge in [0.2, 0.25) is 0 Å². The highest BCUT2D eigenvalue weighted by Crippen LogP contribution is 2.51. The monoisotopic (exact) mass is 359 g/mol. The molecular weight excluding hydrogens is 336 g/mol. The first-order chi connectivity index (χ1) is 12.0. The summed E-state index contributed by atoms with van der Waals surface area (Å²) in [6.45, 7) is 1.62. The van der Waals surface area contributed by atoms with Gasteiger partial charge in [0.05, 0.1) is 23.3 Å². The van der Waals surface area contributed by atoms with Crippen LogP contribution in [-0.2, 0) is 6.54 Å². The van der Waals surface area contributed by atoms with E-state index < -0.39 is 0 Å². The molecule has 0 bridgehead atoms. The third-order valence-electron chi connectivity index (χ3n) is 5.77. The topological polar surface area (TPSA) is 67.2 Å². The minimum absolute atomic E-state index is 0.0321. The van der Waals surface area contributed by atoms with E-state index in [4.69, 9.17) is 11.6 Å². The Bertz CT molecular complexity index is 865. The molecule has 1 aromatic heterocycles. The zero-order valence-electron chi connectivity index (χ0n) is 14.5. The number of fused-ring (bicyclic) bond motifs is 1. The minimum atomic E-state index is -0.278. The van der Waals surface area contributed by atoms with E-state index in [2.05, 4.69) is 10.3 Å². The number of halogens is 1. The lowest BCUT2D eigenvalue weighted by molar-refractivity contribution is 0.0793. The molecule has 0 radical (unpaired) electrons. The standard InChI is InChI=1S/C18H23BClN3O2/c19-12-7-14-11(6-13(12)20)17(25)23(10-22-14)9-18(3-4-18)8-15-16(24)2-1-5-21-15/h6-7,10,15-16,21,24H,1-5,8-9,19H2/t15-,16+/m1/s1. The van der Waals surface area contributed by atoms with Crippen LogP contribution in [0.25, 0.3) is 10.9 Å². The average molecular weight is 360 g/mol. The van der Waals surface area contributed by atoms with Crippen LogP contribution in [0.2, 0.25) is 5.02 Å². The largest absolute Gasteiger partial charge is 0.392 e. The molecule has 4 rings (SSSR count). The molecule has 2 N–H and O–H groups in total. The summed E-state index contributed by atoms with van der Waals surface area (Å²) in [6, 6.07) is 3.72. The first-order valence-corrected chi connectivity index (χ1v) is 9.42. The number of benzene rings is 1. The van der Waals surface area contributed by atoms with Gasteiger partial charge in [0.1, 0.15) is 7.85 Å². The van der Waals surface area contributed by atoms with Gasteiger partial charge >= 0.3 is 0 Å². The van der Waals surface area contributed by atoms with Crippen LogP contribution in [0.1, 0.15) is 32.1 Å². The molecule has 0 spiro atoms. The number of nitrogens with one attached hydrogen (secondary N) is 1. The Morgan fingerprint density at radius 1 is 1.44 bits per heavy atom. The maximum absolute atomic E-state index is 12.9. The highest BCUT2D eigenvalue weighted by atomic mass is 35.5. The number of aliphatic hydroxyl groups is 1. The minimum Gasteiger partial charge on any atom is -0.392 e. The predicted octanol–water partition coefficient (Wildman–Crippen LogP) is 0.591. The Morgan fingerprint density at radius 3 is 2.96 bits per heavy atom. The zero-order chi connectivity index (χ0) is 17.6. The summed E-state index contributed by atoms with van der Waals surface area (Å²) >= 11 is 6.19. The fourth-order valence-corrected chi connectivity index (χ4v) is 4.14. The van der Waals surface area contributed by atoms with Crippen molar-refractivity contribution in [2.24, 2.45) is 5.41 Å². The number of hydrogen-bond acceptors (Lipinski definition) is 4. The van der Waals surface area contributed by atoms with E-state index in [1.165, 1.54) is 0 Å².